The molecule has 0 spiro atoms. The summed E-state index contributed by atoms with van der Waals surface area (Å²) in [5.74, 6) is 0. The predicted octanol–water partition coefficient (Wildman–Crippen LogP) is 2.09. The first-order chi connectivity index (χ1) is 7.74. The lowest BCUT2D eigenvalue weighted by molar-refractivity contribution is 0.267. The molecule has 0 saturated heterocycles. The van der Waals surface area contributed by atoms with Crippen molar-refractivity contribution >= 4 is 0 Å². The molecule has 1 unspecified atom stereocenters. The summed E-state index contributed by atoms with van der Waals surface area (Å²) >= 11 is 0. The van der Waals surface area contributed by atoms with Crippen LogP contribution in [0.15, 0.2) is 30.3 Å². The van der Waals surface area contributed by atoms with Crippen LogP contribution in [-0.4, -0.2) is 18.1 Å². The molecule has 0 aromatic heterocycles. The smallest absolute Gasteiger partial charge is 0.00990 e. The Kier molecular flexibility index (Phi) is 3.97. The number of aryl methyl sites for hydroxylation is 1. The molecule has 1 saturated carbocycles. The molecule has 16 heavy (non-hydrogen) atoms. The van der Waals surface area contributed by atoms with Gasteiger partial charge in [-0.2, -0.15) is 0 Å². The molecule has 3 N–H and O–H groups in total. The van der Waals surface area contributed by atoms with E-state index in [1.165, 1.54) is 12.0 Å². The molecule has 0 amide bonds. The molecule has 2 rings (SSSR count). The molecule has 0 bridgehead atoms. The van der Waals surface area contributed by atoms with E-state index >= 15 is 0 Å². The third-order valence-electron chi connectivity index (χ3n) is 3.40. The maximum atomic E-state index is 5.77. The summed E-state index contributed by atoms with van der Waals surface area (Å²) in [6.45, 7) is 2.27. The average molecular weight is 218 g/mol. The zero-order valence-corrected chi connectivity index (χ0v) is 10.0. The van der Waals surface area contributed by atoms with Crippen molar-refractivity contribution in [1.82, 2.24) is 5.32 Å². The van der Waals surface area contributed by atoms with Crippen molar-refractivity contribution < 1.29 is 0 Å². The van der Waals surface area contributed by atoms with Gasteiger partial charge in [-0.1, -0.05) is 30.3 Å². The highest BCUT2D eigenvalue weighted by Gasteiger charge is 2.26. The minimum absolute atomic E-state index is 0.443. The van der Waals surface area contributed by atoms with Gasteiger partial charge in [-0.25, -0.2) is 0 Å². The van der Waals surface area contributed by atoms with Crippen LogP contribution in [0.25, 0.3) is 0 Å². The highest BCUT2D eigenvalue weighted by molar-refractivity contribution is 5.14. The van der Waals surface area contributed by atoms with E-state index in [2.05, 4.69) is 42.6 Å². The summed E-state index contributed by atoms with van der Waals surface area (Å²) < 4.78 is 0. The molecule has 1 aromatic rings. The summed E-state index contributed by atoms with van der Waals surface area (Å²) in [6, 6.07) is 12.4. The van der Waals surface area contributed by atoms with Gasteiger partial charge in [0.25, 0.3) is 0 Å². The van der Waals surface area contributed by atoms with E-state index in [9.17, 15) is 0 Å². The summed E-state index contributed by atoms with van der Waals surface area (Å²) in [4.78, 5) is 0. The fourth-order valence-electron chi connectivity index (χ4n) is 2.31. The van der Waals surface area contributed by atoms with Crippen molar-refractivity contribution in [2.75, 3.05) is 0 Å². The summed E-state index contributed by atoms with van der Waals surface area (Å²) in [6.07, 6.45) is 4.66. The van der Waals surface area contributed by atoms with Gasteiger partial charge in [-0.3, -0.25) is 0 Å². The van der Waals surface area contributed by atoms with Gasteiger partial charge in [0.1, 0.15) is 0 Å². The van der Waals surface area contributed by atoms with Crippen molar-refractivity contribution in [2.24, 2.45) is 5.73 Å². The third-order valence-corrected chi connectivity index (χ3v) is 3.40. The maximum Gasteiger partial charge on any atom is 0.00990 e. The summed E-state index contributed by atoms with van der Waals surface area (Å²) in [5, 5.41) is 3.64. The first-order valence-electron chi connectivity index (χ1n) is 6.29. The molecule has 88 valence electrons. The number of benzene rings is 1. The van der Waals surface area contributed by atoms with Crippen LogP contribution >= 0.6 is 0 Å². The molecule has 0 radical (unpaired) electrons. The second-order valence-corrected chi connectivity index (χ2v) is 5.02. The van der Waals surface area contributed by atoms with Gasteiger partial charge in [-0.15, -0.1) is 0 Å². The molecule has 0 heterocycles. The maximum absolute atomic E-state index is 5.77. The van der Waals surface area contributed by atoms with Crippen molar-refractivity contribution in [1.29, 1.82) is 0 Å². The van der Waals surface area contributed by atoms with Crippen LogP contribution in [-0.2, 0) is 6.42 Å². The number of nitrogens with one attached hydrogen (secondary N) is 1. The van der Waals surface area contributed by atoms with Crippen LogP contribution in [0.2, 0.25) is 0 Å². The van der Waals surface area contributed by atoms with E-state index in [1.54, 1.807) is 0 Å². The lowest BCUT2D eigenvalue weighted by atomic mass is 9.87. The average Bonchev–Trinajstić information content (AvgIpc) is 2.26. The molecule has 1 aliphatic rings. The minimum atomic E-state index is 0.443. The Morgan fingerprint density at radius 3 is 2.62 bits per heavy atom. The number of nitrogens with two attached hydrogens (primary N) is 1. The normalized spacial score (nSPS) is 26.1. The first kappa shape index (κ1) is 11.6. The van der Waals surface area contributed by atoms with E-state index in [4.69, 9.17) is 5.73 Å². The quantitative estimate of drug-likeness (QED) is 0.794. The Morgan fingerprint density at radius 2 is 2.00 bits per heavy atom. The van der Waals surface area contributed by atoms with Crippen molar-refractivity contribution in [3.8, 4) is 0 Å². The highest BCUT2D eigenvalue weighted by Crippen LogP contribution is 2.18. The van der Waals surface area contributed by atoms with Crippen LogP contribution in [0.3, 0.4) is 0 Å². The van der Waals surface area contributed by atoms with E-state index in [-0.39, 0.29) is 0 Å². The second-order valence-electron chi connectivity index (χ2n) is 5.02. The topological polar surface area (TPSA) is 38.0 Å². The zero-order chi connectivity index (χ0) is 11.4. The van der Waals surface area contributed by atoms with Crippen molar-refractivity contribution in [3.05, 3.63) is 35.9 Å². The van der Waals surface area contributed by atoms with Gasteiger partial charge < -0.3 is 11.1 Å². The molecule has 1 aliphatic carbocycles. The van der Waals surface area contributed by atoms with E-state index in [0.717, 1.165) is 19.3 Å². The Morgan fingerprint density at radius 1 is 1.31 bits per heavy atom. The zero-order valence-electron chi connectivity index (χ0n) is 10.0. The molecular weight excluding hydrogens is 196 g/mol. The van der Waals surface area contributed by atoms with Crippen LogP contribution in [0.4, 0.5) is 0 Å². The molecule has 2 heteroatoms. The number of hydrogen-bond acceptors (Lipinski definition) is 2. The molecular formula is C14H22N2. The van der Waals surface area contributed by atoms with Gasteiger partial charge in [-0.05, 0) is 38.2 Å². The van der Waals surface area contributed by atoms with Gasteiger partial charge in [0, 0.05) is 18.1 Å². The van der Waals surface area contributed by atoms with E-state index in [1.807, 2.05) is 0 Å². The summed E-state index contributed by atoms with van der Waals surface area (Å²) in [7, 11) is 0. The second kappa shape index (κ2) is 5.46. The van der Waals surface area contributed by atoms with Gasteiger partial charge in [0.2, 0.25) is 0 Å². The Labute approximate surface area is 98.2 Å². The Hall–Kier alpha value is -0.860. The number of rotatable bonds is 5. The standard InChI is InChI=1S/C14H22N2/c1-11(16-14-9-13(15)10-14)7-8-12-5-3-2-4-6-12/h2-6,11,13-14,16H,7-10,15H2,1H3. The Balaban J connectivity index is 1.66. The van der Waals surface area contributed by atoms with Gasteiger partial charge in [0.15, 0.2) is 0 Å². The van der Waals surface area contributed by atoms with E-state index in [0.29, 0.717) is 18.1 Å². The molecule has 2 nitrogen and oxygen atoms in total. The molecule has 1 fully saturated rings. The monoisotopic (exact) mass is 218 g/mol. The fourth-order valence-corrected chi connectivity index (χ4v) is 2.31. The molecule has 0 aliphatic heterocycles. The third kappa shape index (κ3) is 3.32. The molecule has 1 atom stereocenters. The van der Waals surface area contributed by atoms with Crippen LogP contribution in [0, 0.1) is 0 Å². The summed E-state index contributed by atoms with van der Waals surface area (Å²) in [5.41, 5.74) is 7.20. The minimum Gasteiger partial charge on any atom is -0.328 e. The van der Waals surface area contributed by atoms with Crippen LogP contribution < -0.4 is 11.1 Å². The Bertz CT molecular complexity index is 304. The lowest BCUT2D eigenvalue weighted by Gasteiger charge is -2.35. The van der Waals surface area contributed by atoms with Gasteiger partial charge in [0.05, 0.1) is 0 Å². The van der Waals surface area contributed by atoms with E-state index < -0.39 is 0 Å². The lowest BCUT2D eigenvalue weighted by Crippen LogP contribution is -2.51. The predicted molar refractivity (Wildman–Crippen MR) is 68.4 cm³/mol. The van der Waals surface area contributed by atoms with Crippen molar-refractivity contribution in [3.63, 3.8) is 0 Å². The highest BCUT2D eigenvalue weighted by atomic mass is 15.0. The van der Waals surface area contributed by atoms with Crippen LogP contribution in [0.1, 0.15) is 31.7 Å². The number of hydrogen-bond donors (Lipinski definition) is 2. The van der Waals surface area contributed by atoms with Crippen molar-refractivity contribution in [2.45, 2.75) is 50.7 Å². The van der Waals surface area contributed by atoms with Gasteiger partial charge >= 0.3 is 0 Å². The SMILES string of the molecule is CC(CCc1ccccc1)NC1CC(N)C1. The largest absolute Gasteiger partial charge is 0.328 e. The van der Waals surface area contributed by atoms with Crippen LogP contribution in [0.5, 0.6) is 0 Å². The fraction of sp³-hybridized carbons (Fsp3) is 0.571. The first-order valence-corrected chi connectivity index (χ1v) is 6.29. The molecule has 1 aromatic carbocycles.